The number of anilines is 1. The Morgan fingerprint density at radius 2 is 2.12 bits per heavy atom. The Morgan fingerprint density at radius 1 is 1.36 bits per heavy atom. The highest BCUT2D eigenvalue weighted by atomic mass is 32.1. The molecular weight excluding hydrogens is 343 g/mol. The number of aromatic nitrogens is 2. The number of aryl methyl sites for hydroxylation is 1. The van der Waals surface area contributed by atoms with Crippen LogP contribution in [0.25, 0.3) is 0 Å². The first-order chi connectivity index (χ1) is 12.0. The van der Waals surface area contributed by atoms with Gasteiger partial charge in [0, 0.05) is 19.5 Å². The zero-order chi connectivity index (χ0) is 17.8. The SMILES string of the molecule is CCc1nnc(NC(=O)[C@@H]2CC(=O)N(CCc3ccc(F)cc3)C2)s1. The van der Waals surface area contributed by atoms with Gasteiger partial charge in [0.05, 0.1) is 5.92 Å². The summed E-state index contributed by atoms with van der Waals surface area (Å²) in [4.78, 5) is 26.1. The number of hydrogen-bond acceptors (Lipinski definition) is 5. The summed E-state index contributed by atoms with van der Waals surface area (Å²) >= 11 is 1.35. The lowest BCUT2D eigenvalue weighted by Crippen LogP contribution is -2.30. The topological polar surface area (TPSA) is 75.2 Å². The minimum Gasteiger partial charge on any atom is -0.342 e. The van der Waals surface area contributed by atoms with Crippen LogP contribution in [0.5, 0.6) is 0 Å². The molecule has 1 aliphatic rings. The van der Waals surface area contributed by atoms with Gasteiger partial charge >= 0.3 is 0 Å². The average molecular weight is 362 g/mol. The first-order valence-corrected chi connectivity index (χ1v) is 9.02. The second-order valence-electron chi connectivity index (χ2n) is 5.96. The van der Waals surface area contributed by atoms with Crippen LogP contribution in [-0.2, 0) is 22.4 Å². The Kier molecular flexibility index (Phi) is 5.37. The smallest absolute Gasteiger partial charge is 0.231 e. The molecular formula is C17H19FN4O2S. The quantitative estimate of drug-likeness (QED) is 0.855. The van der Waals surface area contributed by atoms with Crippen molar-refractivity contribution >= 4 is 28.3 Å². The van der Waals surface area contributed by atoms with Gasteiger partial charge in [-0.3, -0.25) is 9.59 Å². The molecule has 1 aliphatic heterocycles. The van der Waals surface area contributed by atoms with E-state index in [0.29, 0.717) is 24.6 Å². The maximum atomic E-state index is 12.9. The van der Waals surface area contributed by atoms with E-state index >= 15 is 0 Å². The number of nitrogens with one attached hydrogen (secondary N) is 1. The Hall–Kier alpha value is -2.35. The number of nitrogens with zero attached hydrogens (tertiary/aromatic N) is 3. The van der Waals surface area contributed by atoms with Crippen LogP contribution in [0.1, 0.15) is 23.9 Å². The van der Waals surface area contributed by atoms with Crippen LogP contribution in [0.4, 0.5) is 9.52 Å². The number of carbonyl (C=O) groups excluding carboxylic acids is 2. The molecule has 0 radical (unpaired) electrons. The number of amides is 2. The molecule has 2 amide bonds. The fraction of sp³-hybridized carbons (Fsp3) is 0.412. The molecule has 1 N–H and O–H groups in total. The summed E-state index contributed by atoms with van der Waals surface area (Å²) in [6.07, 6.45) is 1.61. The average Bonchev–Trinajstić information content (AvgIpc) is 3.21. The Labute approximate surface area is 149 Å². The van der Waals surface area contributed by atoms with Crippen molar-refractivity contribution in [3.05, 3.63) is 40.7 Å². The predicted molar refractivity (Wildman–Crippen MR) is 92.7 cm³/mol. The minimum atomic E-state index is -0.380. The lowest BCUT2D eigenvalue weighted by molar-refractivity contribution is -0.128. The van der Waals surface area contributed by atoms with Crippen LogP contribution in [0.15, 0.2) is 24.3 Å². The first kappa shape index (κ1) is 17.5. The molecule has 0 bridgehead atoms. The lowest BCUT2D eigenvalue weighted by Gasteiger charge is -2.16. The molecule has 1 aromatic heterocycles. The van der Waals surface area contributed by atoms with Gasteiger partial charge < -0.3 is 10.2 Å². The van der Waals surface area contributed by atoms with Gasteiger partial charge in [-0.15, -0.1) is 10.2 Å². The van der Waals surface area contributed by atoms with Crippen LogP contribution in [0.2, 0.25) is 0 Å². The highest BCUT2D eigenvalue weighted by Crippen LogP contribution is 2.22. The molecule has 0 saturated carbocycles. The van der Waals surface area contributed by atoms with Gasteiger partial charge in [0.1, 0.15) is 10.8 Å². The van der Waals surface area contributed by atoms with Gasteiger partial charge in [-0.1, -0.05) is 30.4 Å². The van der Waals surface area contributed by atoms with Crippen molar-refractivity contribution in [2.24, 2.45) is 5.92 Å². The molecule has 0 aliphatic carbocycles. The monoisotopic (exact) mass is 362 g/mol. The summed E-state index contributed by atoms with van der Waals surface area (Å²) in [7, 11) is 0. The van der Waals surface area contributed by atoms with Crippen LogP contribution in [-0.4, -0.2) is 40.0 Å². The molecule has 6 nitrogen and oxygen atoms in total. The third-order valence-electron chi connectivity index (χ3n) is 4.17. The molecule has 1 saturated heterocycles. The summed E-state index contributed by atoms with van der Waals surface area (Å²) in [6.45, 7) is 2.89. The first-order valence-electron chi connectivity index (χ1n) is 8.20. The molecule has 3 rings (SSSR count). The zero-order valence-electron chi connectivity index (χ0n) is 13.9. The van der Waals surface area contributed by atoms with Gasteiger partial charge in [0.2, 0.25) is 16.9 Å². The van der Waals surface area contributed by atoms with Crippen molar-refractivity contribution in [1.82, 2.24) is 15.1 Å². The summed E-state index contributed by atoms with van der Waals surface area (Å²) in [5.74, 6) is -0.888. The third kappa shape index (κ3) is 4.39. The maximum absolute atomic E-state index is 12.9. The fourth-order valence-electron chi connectivity index (χ4n) is 2.73. The molecule has 2 aromatic rings. The van der Waals surface area contributed by atoms with E-state index in [2.05, 4.69) is 15.5 Å². The van der Waals surface area contributed by atoms with Crippen LogP contribution >= 0.6 is 11.3 Å². The third-order valence-corrected chi connectivity index (χ3v) is 5.15. The van der Waals surface area contributed by atoms with Gasteiger partial charge in [-0.2, -0.15) is 0 Å². The van der Waals surface area contributed by atoms with Gasteiger partial charge in [-0.05, 0) is 30.5 Å². The summed E-state index contributed by atoms with van der Waals surface area (Å²) < 4.78 is 12.9. The van der Waals surface area contributed by atoms with E-state index in [9.17, 15) is 14.0 Å². The second-order valence-corrected chi connectivity index (χ2v) is 7.02. The van der Waals surface area contributed by atoms with Crippen LogP contribution < -0.4 is 5.32 Å². The zero-order valence-corrected chi connectivity index (χ0v) is 14.7. The Morgan fingerprint density at radius 3 is 2.80 bits per heavy atom. The van der Waals surface area contributed by atoms with Gasteiger partial charge in [0.25, 0.3) is 0 Å². The molecule has 8 heteroatoms. The van der Waals surface area contributed by atoms with Crippen molar-refractivity contribution in [3.8, 4) is 0 Å². The van der Waals surface area contributed by atoms with Crippen molar-refractivity contribution in [1.29, 1.82) is 0 Å². The maximum Gasteiger partial charge on any atom is 0.231 e. The van der Waals surface area contributed by atoms with E-state index in [0.717, 1.165) is 17.0 Å². The van der Waals surface area contributed by atoms with E-state index in [1.807, 2.05) is 6.92 Å². The van der Waals surface area contributed by atoms with E-state index in [4.69, 9.17) is 0 Å². The van der Waals surface area contributed by atoms with Crippen molar-refractivity contribution in [2.45, 2.75) is 26.2 Å². The highest BCUT2D eigenvalue weighted by Gasteiger charge is 2.34. The molecule has 0 spiro atoms. The van der Waals surface area contributed by atoms with E-state index in [1.165, 1.54) is 23.5 Å². The Bertz CT molecular complexity index is 762. The summed E-state index contributed by atoms with van der Waals surface area (Å²) in [5, 5.41) is 12.0. The van der Waals surface area contributed by atoms with E-state index in [-0.39, 0.29) is 30.0 Å². The molecule has 0 unspecified atom stereocenters. The number of carbonyl (C=O) groups is 2. The molecule has 1 aromatic carbocycles. The Balaban J connectivity index is 1.52. The molecule has 132 valence electrons. The number of benzene rings is 1. The minimum absolute atomic E-state index is 0.0335. The molecule has 1 atom stereocenters. The largest absolute Gasteiger partial charge is 0.342 e. The van der Waals surface area contributed by atoms with Crippen LogP contribution in [0, 0.1) is 11.7 Å². The highest BCUT2D eigenvalue weighted by molar-refractivity contribution is 7.15. The van der Waals surface area contributed by atoms with Gasteiger partial charge in [0.15, 0.2) is 0 Å². The van der Waals surface area contributed by atoms with Crippen molar-refractivity contribution in [3.63, 3.8) is 0 Å². The lowest BCUT2D eigenvalue weighted by atomic mass is 10.1. The normalized spacial score (nSPS) is 17.1. The van der Waals surface area contributed by atoms with Crippen molar-refractivity contribution in [2.75, 3.05) is 18.4 Å². The summed E-state index contributed by atoms with van der Waals surface area (Å²) in [5.41, 5.74) is 0.961. The predicted octanol–water partition coefficient (Wildman–Crippen LogP) is 2.27. The summed E-state index contributed by atoms with van der Waals surface area (Å²) in [6, 6.07) is 6.23. The van der Waals surface area contributed by atoms with Gasteiger partial charge in [-0.25, -0.2) is 4.39 Å². The van der Waals surface area contributed by atoms with E-state index in [1.54, 1.807) is 17.0 Å². The molecule has 1 fully saturated rings. The number of halogens is 1. The number of rotatable bonds is 6. The second kappa shape index (κ2) is 7.69. The standard InChI is InChI=1S/C17H19FN4O2S/c1-2-14-20-21-17(25-14)19-16(24)12-9-15(23)22(10-12)8-7-11-3-5-13(18)6-4-11/h3-6,12H,2,7-10H2,1H3,(H,19,21,24)/t12-/m1/s1. The number of likely N-dealkylation sites (tertiary alicyclic amines) is 1. The van der Waals surface area contributed by atoms with Crippen molar-refractivity contribution < 1.29 is 14.0 Å². The van der Waals surface area contributed by atoms with Crippen LogP contribution in [0.3, 0.4) is 0 Å². The number of hydrogen-bond donors (Lipinski definition) is 1. The van der Waals surface area contributed by atoms with E-state index < -0.39 is 0 Å². The molecule has 2 heterocycles. The molecule has 25 heavy (non-hydrogen) atoms. The fourth-order valence-corrected chi connectivity index (χ4v) is 3.42.